The predicted molar refractivity (Wildman–Crippen MR) is 127 cm³/mol. The van der Waals surface area contributed by atoms with E-state index in [1.165, 1.54) is 5.56 Å². The zero-order valence-electron chi connectivity index (χ0n) is 15.6. The van der Waals surface area contributed by atoms with Crippen LogP contribution in [0.3, 0.4) is 0 Å². The summed E-state index contributed by atoms with van der Waals surface area (Å²) < 4.78 is 1.06. The van der Waals surface area contributed by atoms with Crippen molar-refractivity contribution in [3.05, 3.63) is 94.5 Å². The lowest BCUT2D eigenvalue weighted by Crippen LogP contribution is -2.19. The fraction of sp³-hybridized carbons (Fsp3) is 0.0833. The average Bonchev–Trinajstić information content (AvgIpc) is 2.74. The highest BCUT2D eigenvalue weighted by Gasteiger charge is 2.06. The highest BCUT2D eigenvalue weighted by atomic mass is 79.9. The van der Waals surface area contributed by atoms with Crippen LogP contribution in [0.5, 0.6) is 0 Å². The molecule has 0 aromatic heterocycles. The first-order valence-corrected chi connectivity index (χ1v) is 11.2. The largest absolute Gasteiger partial charge is 0.272 e. The second-order valence-electron chi connectivity index (χ2n) is 6.61. The van der Waals surface area contributed by atoms with Gasteiger partial charge in [0.1, 0.15) is 0 Å². The van der Waals surface area contributed by atoms with Crippen LogP contribution < -0.4 is 5.43 Å². The minimum Gasteiger partial charge on any atom is -0.272 e. The molecule has 0 unspecified atom stereocenters. The standard InChI is InChI=1S/C24H19BrN2OS/c25-23-12-6-3-9-19(23)15-29-16-24(28)27-26-14-22-20-10-4-1-7-17(20)13-18-8-2-5-11-21(18)22/h1-14H,15-16H2,(H,27,28)/b26-14-. The van der Waals surface area contributed by atoms with Gasteiger partial charge in [-0.3, -0.25) is 4.79 Å². The Morgan fingerprint density at radius 1 is 0.931 bits per heavy atom. The molecule has 0 bridgehead atoms. The van der Waals surface area contributed by atoms with Gasteiger partial charge in [-0.05, 0) is 39.2 Å². The zero-order valence-corrected chi connectivity index (χ0v) is 18.0. The molecule has 0 aliphatic rings. The third kappa shape index (κ3) is 4.69. The fourth-order valence-electron chi connectivity index (χ4n) is 3.26. The molecule has 4 rings (SSSR count). The molecular weight excluding hydrogens is 444 g/mol. The number of hydrogen-bond acceptors (Lipinski definition) is 3. The Morgan fingerprint density at radius 3 is 2.24 bits per heavy atom. The number of amides is 1. The van der Waals surface area contributed by atoms with Crippen LogP contribution in [0.25, 0.3) is 21.5 Å². The molecule has 3 nitrogen and oxygen atoms in total. The number of halogens is 1. The molecule has 4 aromatic carbocycles. The zero-order chi connectivity index (χ0) is 20.1. The van der Waals surface area contributed by atoms with Gasteiger partial charge in [-0.25, -0.2) is 5.43 Å². The molecule has 5 heteroatoms. The van der Waals surface area contributed by atoms with Gasteiger partial charge in [-0.1, -0.05) is 82.7 Å². The lowest BCUT2D eigenvalue weighted by atomic mass is 9.97. The first-order valence-electron chi connectivity index (χ1n) is 9.26. The molecule has 0 saturated carbocycles. The number of rotatable bonds is 6. The molecule has 0 aliphatic carbocycles. The summed E-state index contributed by atoms with van der Waals surface area (Å²) in [4.78, 5) is 12.2. The van der Waals surface area contributed by atoms with E-state index in [-0.39, 0.29) is 5.91 Å². The Bertz CT molecular complexity index is 1150. The average molecular weight is 463 g/mol. The normalized spacial score (nSPS) is 11.3. The van der Waals surface area contributed by atoms with Crippen LogP contribution in [0.1, 0.15) is 11.1 Å². The van der Waals surface area contributed by atoms with Crippen LogP contribution >= 0.6 is 27.7 Å². The molecule has 1 N–H and O–H groups in total. The second-order valence-corrected chi connectivity index (χ2v) is 8.45. The van der Waals surface area contributed by atoms with E-state index in [9.17, 15) is 4.79 Å². The molecule has 0 heterocycles. The molecule has 0 radical (unpaired) electrons. The molecule has 0 fully saturated rings. The van der Waals surface area contributed by atoms with Crippen molar-refractivity contribution in [2.24, 2.45) is 5.10 Å². The molecule has 0 atom stereocenters. The van der Waals surface area contributed by atoms with Gasteiger partial charge in [0, 0.05) is 15.8 Å². The fourth-order valence-corrected chi connectivity index (χ4v) is 4.69. The van der Waals surface area contributed by atoms with E-state index in [2.05, 4.69) is 62.9 Å². The maximum Gasteiger partial charge on any atom is 0.250 e. The van der Waals surface area contributed by atoms with Crippen LogP contribution in [0.4, 0.5) is 0 Å². The molecule has 1 amide bonds. The van der Waals surface area contributed by atoms with Gasteiger partial charge in [-0.15, -0.1) is 11.8 Å². The molecule has 4 aromatic rings. The van der Waals surface area contributed by atoms with Gasteiger partial charge in [-0.2, -0.15) is 5.10 Å². The number of fused-ring (bicyclic) bond motifs is 2. The van der Waals surface area contributed by atoms with Crippen molar-refractivity contribution in [1.29, 1.82) is 0 Å². The van der Waals surface area contributed by atoms with Crippen molar-refractivity contribution in [3.63, 3.8) is 0 Å². The van der Waals surface area contributed by atoms with Crippen LogP contribution in [-0.2, 0) is 10.5 Å². The summed E-state index contributed by atoms with van der Waals surface area (Å²) in [5.41, 5.74) is 4.85. The Hall–Kier alpha value is -2.63. The van der Waals surface area contributed by atoms with E-state index in [0.717, 1.165) is 37.3 Å². The van der Waals surface area contributed by atoms with E-state index in [1.54, 1.807) is 18.0 Å². The maximum absolute atomic E-state index is 12.2. The van der Waals surface area contributed by atoms with Gasteiger partial charge >= 0.3 is 0 Å². The minimum atomic E-state index is -0.108. The van der Waals surface area contributed by atoms with Crippen LogP contribution in [-0.4, -0.2) is 17.9 Å². The van der Waals surface area contributed by atoms with Crippen LogP contribution in [0.2, 0.25) is 0 Å². The van der Waals surface area contributed by atoms with Crippen molar-refractivity contribution < 1.29 is 4.79 Å². The van der Waals surface area contributed by atoms with Crippen molar-refractivity contribution in [2.45, 2.75) is 5.75 Å². The Labute approximate surface area is 182 Å². The monoisotopic (exact) mass is 462 g/mol. The van der Waals surface area contributed by atoms with Crippen LogP contribution in [0, 0.1) is 0 Å². The first-order chi connectivity index (χ1) is 14.2. The topological polar surface area (TPSA) is 41.5 Å². The van der Waals surface area contributed by atoms with Crippen LogP contribution in [0.15, 0.2) is 88.4 Å². The van der Waals surface area contributed by atoms with Gasteiger partial charge < -0.3 is 0 Å². The summed E-state index contributed by atoms with van der Waals surface area (Å²) in [6.07, 6.45) is 1.75. The molecule has 29 heavy (non-hydrogen) atoms. The molecule has 0 saturated heterocycles. The molecule has 0 spiro atoms. The van der Waals surface area contributed by atoms with Gasteiger partial charge in [0.05, 0.1) is 12.0 Å². The number of carbonyl (C=O) groups is 1. The SMILES string of the molecule is O=C(CSCc1ccccc1Br)N/N=C\c1c2ccccc2cc2ccccc12. The Morgan fingerprint density at radius 2 is 1.55 bits per heavy atom. The molecular formula is C24H19BrN2OS. The first kappa shape index (κ1) is 19.7. The predicted octanol–water partition coefficient (Wildman–Crippen LogP) is 6.14. The lowest BCUT2D eigenvalue weighted by molar-refractivity contribution is -0.118. The van der Waals surface area contributed by atoms with E-state index < -0.39 is 0 Å². The van der Waals surface area contributed by atoms with Gasteiger partial charge in [0.2, 0.25) is 5.91 Å². The van der Waals surface area contributed by atoms with E-state index in [0.29, 0.717) is 5.75 Å². The highest BCUT2D eigenvalue weighted by Crippen LogP contribution is 2.27. The summed E-state index contributed by atoms with van der Waals surface area (Å²) in [6, 6.07) is 26.7. The lowest BCUT2D eigenvalue weighted by Gasteiger charge is -2.08. The smallest absolute Gasteiger partial charge is 0.250 e. The minimum absolute atomic E-state index is 0.108. The number of carbonyl (C=O) groups excluding carboxylic acids is 1. The quantitative estimate of drug-likeness (QED) is 0.212. The number of benzene rings is 4. The number of hydrogen-bond donors (Lipinski definition) is 1. The molecule has 0 aliphatic heterocycles. The van der Waals surface area contributed by atoms with Crippen molar-refractivity contribution in [2.75, 3.05) is 5.75 Å². The number of nitrogens with one attached hydrogen (secondary N) is 1. The number of nitrogens with zero attached hydrogens (tertiary/aromatic N) is 1. The van der Waals surface area contributed by atoms with Gasteiger partial charge in [0.25, 0.3) is 0 Å². The number of thioether (sulfide) groups is 1. The Kier molecular flexibility index (Phi) is 6.27. The summed E-state index contributed by atoms with van der Waals surface area (Å²) in [6.45, 7) is 0. The number of hydrazone groups is 1. The molecule has 144 valence electrons. The summed E-state index contributed by atoms with van der Waals surface area (Å²) >= 11 is 5.10. The van der Waals surface area contributed by atoms with Crippen molar-refractivity contribution in [3.8, 4) is 0 Å². The highest BCUT2D eigenvalue weighted by molar-refractivity contribution is 9.10. The second kappa shape index (κ2) is 9.25. The van der Waals surface area contributed by atoms with Crippen molar-refractivity contribution in [1.82, 2.24) is 5.43 Å². The summed E-state index contributed by atoms with van der Waals surface area (Å²) in [5, 5.41) is 8.79. The Balaban J connectivity index is 1.45. The van der Waals surface area contributed by atoms with E-state index >= 15 is 0 Å². The van der Waals surface area contributed by atoms with Gasteiger partial charge in [0.15, 0.2) is 0 Å². The maximum atomic E-state index is 12.2. The summed E-state index contributed by atoms with van der Waals surface area (Å²) in [7, 11) is 0. The summed E-state index contributed by atoms with van der Waals surface area (Å²) in [5.74, 6) is 1.02. The van der Waals surface area contributed by atoms with E-state index in [4.69, 9.17) is 0 Å². The van der Waals surface area contributed by atoms with E-state index in [1.807, 2.05) is 42.5 Å². The van der Waals surface area contributed by atoms with Crippen molar-refractivity contribution >= 4 is 61.4 Å². The third-order valence-corrected chi connectivity index (χ3v) is 6.40. The third-order valence-electron chi connectivity index (χ3n) is 4.64.